The summed E-state index contributed by atoms with van der Waals surface area (Å²) in [5.74, 6) is -0.768. The van der Waals surface area contributed by atoms with Gasteiger partial charge in [-0.2, -0.15) is 0 Å². The normalized spacial score (nSPS) is 22.3. The highest BCUT2D eigenvalue weighted by Crippen LogP contribution is 2.41. The van der Waals surface area contributed by atoms with Crippen LogP contribution in [-0.2, 0) is 54.9 Å². The van der Waals surface area contributed by atoms with E-state index in [9.17, 15) is 38.3 Å². The number of piperazine rings is 1. The number of likely N-dealkylation sites (tertiary alicyclic amines) is 4. The Morgan fingerprint density at radius 2 is 1.49 bits per heavy atom. The van der Waals surface area contributed by atoms with Crippen molar-refractivity contribution < 1.29 is 51.8 Å². The van der Waals surface area contributed by atoms with E-state index in [0.717, 1.165) is 85.2 Å². The monoisotopic (exact) mass is 1400 g/mol. The zero-order chi connectivity index (χ0) is 70.7. The largest absolute Gasteiger partial charge is 0.483 e. The van der Waals surface area contributed by atoms with Crippen LogP contribution in [0, 0.1) is 41.2 Å². The van der Waals surface area contributed by atoms with Gasteiger partial charge in [0.25, 0.3) is 11.8 Å². The van der Waals surface area contributed by atoms with E-state index in [4.69, 9.17) is 4.74 Å². The van der Waals surface area contributed by atoms with Gasteiger partial charge >= 0.3 is 0 Å². The number of fused-ring (bicyclic) bond motifs is 1. The van der Waals surface area contributed by atoms with Crippen LogP contribution in [0.25, 0.3) is 10.4 Å². The highest BCUT2D eigenvalue weighted by Gasteiger charge is 2.54. The molecule has 23 nitrogen and oxygen atoms in total. The average molecular weight is 1400 g/mol. The van der Waals surface area contributed by atoms with E-state index in [1.807, 2.05) is 49.4 Å². The van der Waals surface area contributed by atoms with Crippen LogP contribution >= 0.6 is 11.3 Å². The molecule has 8 heterocycles. The molecule has 27 heteroatoms. The third kappa shape index (κ3) is 17.7. The number of anilines is 3. The molecule has 3 aromatic carbocycles. The number of alkyl halides is 1. The van der Waals surface area contributed by atoms with Gasteiger partial charge in [0.15, 0.2) is 12.3 Å². The van der Waals surface area contributed by atoms with Gasteiger partial charge in [-0.15, -0.1) is 11.3 Å². The number of rotatable bonds is 25. The number of β-amino-alcohol motifs (C(OH)–C–C–N with tert-alkyl or cyclic N) is 1. The molecule has 6 saturated heterocycles. The van der Waals surface area contributed by atoms with Gasteiger partial charge < -0.3 is 66.2 Å². The Bertz CT molecular complexity index is 3800. The lowest BCUT2D eigenvalue weighted by Gasteiger charge is -2.48. The fraction of sp³-hybridized carbons (Fsp3) is 0.575. The summed E-state index contributed by atoms with van der Waals surface area (Å²) in [6, 6.07) is 15.9. The zero-order valence-electron chi connectivity index (χ0n) is 58.3. The van der Waals surface area contributed by atoms with Gasteiger partial charge in [-0.1, -0.05) is 71.0 Å². The molecule has 2 aromatic heterocycles. The second kappa shape index (κ2) is 30.3. The predicted molar refractivity (Wildman–Crippen MR) is 375 cm³/mol. The molecule has 0 bridgehead atoms. The van der Waals surface area contributed by atoms with E-state index in [2.05, 4.69) is 86.4 Å². The molecule has 0 unspecified atom stereocenters. The van der Waals surface area contributed by atoms with Gasteiger partial charge in [0.2, 0.25) is 23.6 Å². The highest BCUT2D eigenvalue weighted by molar-refractivity contribution is 7.13. The summed E-state index contributed by atoms with van der Waals surface area (Å²) in [7, 11) is 0. The van der Waals surface area contributed by atoms with Gasteiger partial charge in [0.1, 0.15) is 47.4 Å². The van der Waals surface area contributed by atoms with Crippen molar-refractivity contribution in [3.05, 3.63) is 112 Å². The Morgan fingerprint density at radius 1 is 0.770 bits per heavy atom. The third-order valence-electron chi connectivity index (χ3n) is 21.2. The lowest BCUT2D eigenvalue weighted by Crippen LogP contribution is -2.66. The van der Waals surface area contributed by atoms with Gasteiger partial charge in [0.05, 0.1) is 40.0 Å². The van der Waals surface area contributed by atoms with E-state index in [1.54, 1.807) is 31.2 Å². The number of nitrogens with zero attached hydrogens (tertiary/aromatic N) is 9. The Balaban J connectivity index is 0.542. The molecule has 7 fully saturated rings. The molecule has 6 amide bonds. The molecule has 6 aliphatic heterocycles. The first kappa shape index (κ1) is 71.8. The van der Waals surface area contributed by atoms with E-state index in [1.165, 1.54) is 34.7 Å². The Morgan fingerprint density at radius 3 is 2.19 bits per heavy atom. The summed E-state index contributed by atoms with van der Waals surface area (Å²) < 4.78 is 52.3. The second-order valence-corrected chi connectivity index (χ2v) is 31.4. The molecule has 1 spiro atoms. The molecule has 7 aliphatic rings. The molecule has 5 atom stereocenters. The number of piperidine rings is 2. The number of carbonyl (C=O) groups is 6. The van der Waals surface area contributed by atoms with Gasteiger partial charge in [-0.3, -0.25) is 33.7 Å². The van der Waals surface area contributed by atoms with Crippen molar-refractivity contribution in [2.24, 2.45) is 22.7 Å². The van der Waals surface area contributed by atoms with Crippen molar-refractivity contribution >= 4 is 64.1 Å². The quantitative estimate of drug-likeness (QED) is 0.0350. The number of benzene rings is 3. The smallest absolute Gasteiger partial charge is 0.258 e. The number of aliphatic hydroxyl groups is 1. The molecule has 5 aromatic rings. The predicted octanol–water partition coefficient (Wildman–Crippen LogP) is 6.07. The van der Waals surface area contributed by atoms with Crippen LogP contribution in [0.2, 0.25) is 0 Å². The maximum atomic E-state index is 15.8. The Labute approximate surface area is 587 Å². The third-order valence-corrected chi connectivity index (χ3v) is 22.2. The van der Waals surface area contributed by atoms with Gasteiger partial charge in [-0.25, -0.2) is 28.1 Å². The van der Waals surface area contributed by atoms with Crippen LogP contribution in [0.4, 0.5) is 30.5 Å². The number of halogens is 3. The maximum absolute atomic E-state index is 15.8. The lowest BCUT2D eigenvalue weighted by atomic mass is 9.82. The minimum atomic E-state index is -2.00. The fourth-order valence-corrected chi connectivity index (χ4v) is 15.8. The zero-order valence-corrected chi connectivity index (χ0v) is 59.1. The summed E-state index contributed by atoms with van der Waals surface area (Å²) in [5.41, 5.74) is 3.25. The van der Waals surface area contributed by atoms with Crippen molar-refractivity contribution in [2.75, 3.05) is 113 Å². The van der Waals surface area contributed by atoms with Crippen LogP contribution in [0.3, 0.4) is 0 Å². The van der Waals surface area contributed by atoms with Crippen LogP contribution in [0.1, 0.15) is 114 Å². The number of nitrogens with one attached hydrogen (secondary N) is 6. The summed E-state index contributed by atoms with van der Waals surface area (Å²) in [6.45, 7) is 21.0. The molecular weight excluding hydrogens is 1300 g/mol. The minimum Gasteiger partial charge on any atom is -0.483 e. The minimum absolute atomic E-state index is 0.0140. The van der Waals surface area contributed by atoms with E-state index in [-0.39, 0.29) is 74.3 Å². The van der Waals surface area contributed by atoms with E-state index < -0.39 is 64.2 Å². The Kier molecular flexibility index (Phi) is 21.8. The number of ether oxygens (including phenoxy) is 1. The Hall–Kier alpha value is -7.98. The van der Waals surface area contributed by atoms with Crippen LogP contribution in [-0.4, -0.2) is 203 Å². The molecule has 0 radical (unpaired) electrons. The summed E-state index contributed by atoms with van der Waals surface area (Å²) in [6.07, 6.45) is 4.27. The summed E-state index contributed by atoms with van der Waals surface area (Å²) in [5, 5.41) is 28.9. The number of aryl methyl sites for hydroxylation is 1. The van der Waals surface area contributed by atoms with Crippen LogP contribution < -0.4 is 46.4 Å². The topological polar surface area (TPSA) is 262 Å². The number of thiazole rings is 1. The number of carbonyl (C=O) groups excluding carboxylic acids is 6. The molecule has 12 rings (SSSR count). The first-order valence-corrected chi connectivity index (χ1v) is 36.2. The highest BCUT2D eigenvalue weighted by atomic mass is 32.1. The summed E-state index contributed by atoms with van der Waals surface area (Å²) >= 11 is 1.47. The van der Waals surface area contributed by atoms with E-state index >= 15 is 8.78 Å². The molecule has 538 valence electrons. The number of hydrogen-bond donors (Lipinski definition) is 7. The van der Waals surface area contributed by atoms with Crippen molar-refractivity contribution in [1.29, 1.82) is 0 Å². The number of hydrogen-bond acceptors (Lipinski definition) is 18. The first-order valence-electron chi connectivity index (χ1n) is 35.3. The standard InChI is InChI=1S/C73H96F3N15O8S/c1-46-65(100-45-83-46)49-10-11-50(34-80-67(96)58-29-54(92)40-91(58)68(97)66(70(2,3)4)84-69(98)73(76)13-14-73)59(28-49)99-42-64(95)77-19-25-88-38-52-36-87(37-53(52)39-88)20-12-62(93)79-33-48-9-7-8-47(26-48)32-78-60-31-61(82-44-81-60)89-23-17-72(18-24-89)43-90(41-63(94)85-72)57-30-55(74)51(27-56(57)75)35-86-21-15-71(5,6)16-22-86/h7-11,26-28,30-31,44-45,52-54,58,66,92H,12-25,29,32-43H2,1-6H3,(H,77,95)(H,79,93)(H,80,96)(H,84,98)(H,85,94)(H,78,81,82)/t52-,53+,54-,58+,66-/m1/s1. The number of aliphatic hydroxyl groups excluding tert-OH is 1. The van der Waals surface area contributed by atoms with Crippen molar-refractivity contribution in [2.45, 2.75) is 148 Å². The lowest BCUT2D eigenvalue weighted by molar-refractivity contribution is -0.145. The number of aromatic nitrogens is 3. The molecule has 100 heavy (non-hydrogen) atoms. The SMILES string of the molecule is Cc1ncsc1-c1ccc(CNC(=O)[C@@H]2C[C@@H](O)CN2C(=O)[C@@H](NC(=O)C2(F)CC2)C(C)(C)C)c(OCC(=O)NCCN2C[C@@H]3CN(CCC(=O)NCc4cccc(CNc5cc(N6CCC7(CC6)CN(c6cc(F)c(CN8CCC(C)(C)CC8)cc6F)CC(=O)N7)ncn5)c4)C[C@@H]3C2)c1. The molecule has 1 saturated carbocycles. The second-order valence-electron chi connectivity index (χ2n) is 30.6. The van der Waals surface area contributed by atoms with Crippen molar-refractivity contribution in [3.63, 3.8) is 0 Å². The summed E-state index contributed by atoms with van der Waals surface area (Å²) in [4.78, 5) is 107. The van der Waals surface area contributed by atoms with Crippen LogP contribution in [0.15, 0.2) is 72.5 Å². The average Bonchev–Trinajstić information content (AvgIpc) is 0.980. The van der Waals surface area contributed by atoms with Gasteiger partial charge in [0, 0.05) is 134 Å². The maximum Gasteiger partial charge on any atom is 0.258 e. The van der Waals surface area contributed by atoms with Crippen molar-refractivity contribution in [1.82, 2.24) is 61.1 Å². The molecule has 7 N–H and O–H groups in total. The molecule has 1 aliphatic carbocycles. The molecular formula is C73H96F3N15O8S. The number of amides is 6. The van der Waals surface area contributed by atoms with Crippen molar-refractivity contribution in [3.8, 4) is 16.2 Å². The van der Waals surface area contributed by atoms with Gasteiger partial charge in [-0.05, 0) is 110 Å². The first-order chi connectivity index (χ1) is 47.7. The van der Waals surface area contributed by atoms with E-state index in [0.29, 0.717) is 113 Å². The van der Waals surface area contributed by atoms with Crippen LogP contribution in [0.5, 0.6) is 5.75 Å². The fourth-order valence-electron chi connectivity index (χ4n) is 15.0.